The topological polar surface area (TPSA) is 12.0 Å². The van der Waals surface area contributed by atoms with Crippen molar-refractivity contribution in [2.75, 3.05) is 6.54 Å². The van der Waals surface area contributed by atoms with E-state index in [4.69, 9.17) is 0 Å². The van der Waals surface area contributed by atoms with E-state index in [1.54, 1.807) is 0 Å². The maximum absolute atomic E-state index is 14.1. The average Bonchev–Trinajstić information content (AvgIpc) is 2.42. The molecule has 0 radical (unpaired) electrons. The van der Waals surface area contributed by atoms with Gasteiger partial charge in [-0.1, -0.05) is 13.3 Å². The van der Waals surface area contributed by atoms with Crippen molar-refractivity contribution in [2.45, 2.75) is 51.0 Å². The molecule has 0 amide bonds. The normalized spacial score (nSPS) is 23.6. The van der Waals surface area contributed by atoms with Crippen molar-refractivity contribution >= 4 is 15.9 Å². The SMILES string of the molecule is CCCNC1CCCC(c2c(F)ccc(Br)c2F)C1. The van der Waals surface area contributed by atoms with E-state index in [9.17, 15) is 8.78 Å². The first-order chi connectivity index (χ1) is 9.13. The van der Waals surface area contributed by atoms with E-state index in [-0.39, 0.29) is 11.5 Å². The molecule has 0 heterocycles. The molecule has 1 fully saturated rings. The third-order valence-electron chi connectivity index (χ3n) is 3.84. The Hall–Kier alpha value is -0.480. The van der Waals surface area contributed by atoms with Gasteiger partial charge in [0, 0.05) is 11.6 Å². The second-order valence-corrected chi connectivity index (χ2v) is 6.13. The van der Waals surface area contributed by atoms with Gasteiger partial charge in [-0.25, -0.2) is 8.78 Å². The first kappa shape index (κ1) is 14.9. The molecular formula is C15H20BrF2N. The molecule has 19 heavy (non-hydrogen) atoms. The fraction of sp³-hybridized carbons (Fsp3) is 0.600. The van der Waals surface area contributed by atoms with Gasteiger partial charge in [-0.3, -0.25) is 0 Å². The smallest absolute Gasteiger partial charge is 0.143 e. The van der Waals surface area contributed by atoms with Crippen molar-refractivity contribution in [1.82, 2.24) is 5.32 Å². The molecule has 0 aliphatic heterocycles. The van der Waals surface area contributed by atoms with Crippen LogP contribution in [-0.4, -0.2) is 12.6 Å². The summed E-state index contributed by atoms with van der Waals surface area (Å²) in [6, 6.07) is 3.17. The molecule has 2 atom stereocenters. The van der Waals surface area contributed by atoms with Crippen LogP contribution in [0.3, 0.4) is 0 Å². The van der Waals surface area contributed by atoms with Crippen molar-refractivity contribution in [1.29, 1.82) is 0 Å². The van der Waals surface area contributed by atoms with E-state index in [1.807, 2.05) is 0 Å². The predicted octanol–water partition coefficient (Wildman–Crippen LogP) is 4.75. The Morgan fingerprint density at radius 1 is 1.32 bits per heavy atom. The number of nitrogens with one attached hydrogen (secondary N) is 1. The quantitative estimate of drug-likeness (QED) is 0.785. The first-order valence-corrected chi connectivity index (χ1v) is 7.79. The van der Waals surface area contributed by atoms with Gasteiger partial charge in [0.1, 0.15) is 11.6 Å². The van der Waals surface area contributed by atoms with Gasteiger partial charge in [-0.15, -0.1) is 0 Å². The van der Waals surface area contributed by atoms with Gasteiger partial charge in [-0.2, -0.15) is 0 Å². The van der Waals surface area contributed by atoms with Gasteiger partial charge in [0.05, 0.1) is 4.47 Å². The summed E-state index contributed by atoms with van der Waals surface area (Å²) in [6.45, 7) is 3.10. The maximum Gasteiger partial charge on any atom is 0.143 e. The highest BCUT2D eigenvalue weighted by atomic mass is 79.9. The zero-order valence-electron chi connectivity index (χ0n) is 11.2. The average molecular weight is 332 g/mol. The van der Waals surface area contributed by atoms with Crippen molar-refractivity contribution < 1.29 is 8.78 Å². The van der Waals surface area contributed by atoms with Crippen LogP contribution in [0.4, 0.5) is 8.78 Å². The van der Waals surface area contributed by atoms with Crippen LogP contribution in [0.1, 0.15) is 50.5 Å². The van der Waals surface area contributed by atoms with E-state index in [0.717, 1.165) is 38.6 Å². The first-order valence-electron chi connectivity index (χ1n) is 7.00. The summed E-state index contributed by atoms with van der Waals surface area (Å²) in [7, 11) is 0. The summed E-state index contributed by atoms with van der Waals surface area (Å²) in [5.41, 5.74) is 0.261. The van der Waals surface area contributed by atoms with Crippen LogP contribution >= 0.6 is 15.9 Å². The van der Waals surface area contributed by atoms with Crippen LogP contribution < -0.4 is 5.32 Å². The second-order valence-electron chi connectivity index (χ2n) is 5.27. The van der Waals surface area contributed by atoms with E-state index >= 15 is 0 Å². The molecule has 1 aromatic rings. The van der Waals surface area contributed by atoms with Gasteiger partial charge in [0.15, 0.2) is 0 Å². The monoisotopic (exact) mass is 331 g/mol. The van der Waals surface area contributed by atoms with Gasteiger partial charge < -0.3 is 5.32 Å². The molecule has 1 aromatic carbocycles. The molecule has 0 bridgehead atoms. The largest absolute Gasteiger partial charge is 0.314 e. The molecule has 0 aromatic heterocycles. The maximum atomic E-state index is 14.1. The molecular weight excluding hydrogens is 312 g/mol. The van der Waals surface area contributed by atoms with Gasteiger partial charge in [0.2, 0.25) is 0 Å². The molecule has 1 N–H and O–H groups in total. The van der Waals surface area contributed by atoms with Crippen LogP contribution in [0, 0.1) is 11.6 Å². The van der Waals surface area contributed by atoms with Crippen LogP contribution in [0.25, 0.3) is 0 Å². The van der Waals surface area contributed by atoms with E-state index in [0.29, 0.717) is 10.5 Å². The zero-order chi connectivity index (χ0) is 13.8. The minimum Gasteiger partial charge on any atom is -0.314 e. The Balaban J connectivity index is 2.15. The van der Waals surface area contributed by atoms with Crippen LogP contribution in [-0.2, 0) is 0 Å². The second kappa shape index (κ2) is 6.80. The lowest BCUT2D eigenvalue weighted by Crippen LogP contribution is -2.34. The number of rotatable bonds is 4. The van der Waals surface area contributed by atoms with Crippen molar-refractivity contribution in [3.63, 3.8) is 0 Å². The molecule has 0 spiro atoms. The van der Waals surface area contributed by atoms with Crippen LogP contribution in [0.2, 0.25) is 0 Å². The van der Waals surface area contributed by atoms with Gasteiger partial charge in [0.25, 0.3) is 0 Å². The Labute approximate surface area is 121 Å². The lowest BCUT2D eigenvalue weighted by atomic mass is 9.81. The van der Waals surface area contributed by atoms with E-state index < -0.39 is 11.6 Å². The lowest BCUT2D eigenvalue weighted by molar-refractivity contribution is 0.328. The minimum atomic E-state index is -0.429. The standard InChI is InChI=1S/C15H20BrF2N/c1-2-8-19-11-5-3-4-10(9-11)14-13(17)7-6-12(16)15(14)18/h6-7,10-11,19H,2-5,8-9H2,1H3. The highest BCUT2D eigenvalue weighted by Crippen LogP contribution is 2.37. The van der Waals surface area contributed by atoms with E-state index in [1.165, 1.54) is 12.1 Å². The number of halogens is 3. The number of hydrogen-bond acceptors (Lipinski definition) is 1. The van der Waals surface area contributed by atoms with E-state index in [2.05, 4.69) is 28.2 Å². The summed E-state index contributed by atoms with van der Waals surface area (Å²) >= 11 is 3.15. The third kappa shape index (κ3) is 3.54. The zero-order valence-corrected chi connectivity index (χ0v) is 12.8. The van der Waals surface area contributed by atoms with Crippen LogP contribution in [0.5, 0.6) is 0 Å². The molecule has 4 heteroatoms. The predicted molar refractivity (Wildman–Crippen MR) is 77.3 cm³/mol. The van der Waals surface area contributed by atoms with Gasteiger partial charge in [-0.05, 0) is 66.2 Å². The number of hydrogen-bond donors (Lipinski definition) is 1. The molecule has 2 rings (SSSR count). The minimum absolute atomic E-state index is 0.0133. The molecule has 1 nitrogen and oxygen atoms in total. The summed E-state index contributed by atoms with van der Waals surface area (Å²) in [5, 5.41) is 3.47. The van der Waals surface area contributed by atoms with Crippen LogP contribution in [0.15, 0.2) is 16.6 Å². The Morgan fingerprint density at radius 2 is 2.11 bits per heavy atom. The Morgan fingerprint density at radius 3 is 2.84 bits per heavy atom. The molecule has 2 unspecified atom stereocenters. The molecule has 1 aliphatic rings. The lowest BCUT2D eigenvalue weighted by Gasteiger charge is -2.30. The third-order valence-corrected chi connectivity index (χ3v) is 4.46. The Bertz CT molecular complexity index is 436. The van der Waals surface area contributed by atoms with Crippen molar-refractivity contribution in [3.8, 4) is 0 Å². The highest BCUT2D eigenvalue weighted by Gasteiger charge is 2.28. The molecule has 1 aliphatic carbocycles. The number of benzene rings is 1. The summed E-state index contributed by atoms with van der Waals surface area (Å²) < 4.78 is 28.4. The fourth-order valence-corrected chi connectivity index (χ4v) is 3.25. The van der Waals surface area contributed by atoms with Crippen molar-refractivity contribution in [3.05, 3.63) is 33.8 Å². The fourth-order valence-electron chi connectivity index (χ4n) is 2.90. The van der Waals surface area contributed by atoms with Gasteiger partial charge >= 0.3 is 0 Å². The summed E-state index contributed by atoms with van der Waals surface area (Å²) in [4.78, 5) is 0. The molecule has 0 saturated heterocycles. The molecule has 1 saturated carbocycles. The highest BCUT2D eigenvalue weighted by molar-refractivity contribution is 9.10. The van der Waals surface area contributed by atoms with Crippen molar-refractivity contribution in [2.24, 2.45) is 0 Å². The molecule has 106 valence electrons. The summed E-state index contributed by atoms with van der Waals surface area (Å²) in [6.07, 6.45) is 4.91. The Kier molecular flexibility index (Phi) is 5.34. The summed E-state index contributed by atoms with van der Waals surface area (Å²) in [5.74, 6) is -0.858.